The van der Waals surface area contributed by atoms with Crippen LogP contribution < -0.4 is 5.73 Å². The molecule has 1 heterocycles. The molecule has 7 aromatic rings. The molecule has 6 aromatic carbocycles. The first kappa shape index (κ1) is 21.3. The van der Waals surface area contributed by atoms with Crippen molar-refractivity contribution in [3.63, 3.8) is 0 Å². The van der Waals surface area contributed by atoms with Gasteiger partial charge in [0, 0.05) is 34.0 Å². The number of nitrogens with zero attached hydrogens (tertiary/aromatic N) is 1. The van der Waals surface area contributed by atoms with Gasteiger partial charge in [-0.15, -0.1) is 0 Å². The SMILES string of the molecule is Nc1cccc2c(-c3ncccc3-c3ccccc3)c3ccccc3c(-c3cccc4ccccc34)c12. The maximum Gasteiger partial charge on any atom is 0.0792 e. The summed E-state index contributed by atoms with van der Waals surface area (Å²) in [4.78, 5) is 4.97. The molecule has 2 N–H and O–H groups in total. The molecule has 0 aliphatic heterocycles. The smallest absolute Gasteiger partial charge is 0.0792 e. The van der Waals surface area contributed by atoms with Gasteiger partial charge in [-0.25, -0.2) is 0 Å². The van der Waals surface area contributed by atoms with Crippen molar-refractivity contribution in [1.29, 1.82) is 0 Å². The Balaban J connectivity index is 1.68. The number of benzene rings is 6. The van der Waals surface area contributed by atoms with Gasteiger partial charge in [0.05, 0.1) is 5.69 Å². The van der Waals surface area contributed by atoms with Crippen LogP contribution in [0.5, 0.6) is 0 Å². The second-order valence-corrected chi connectivity index (χ2v) is 9.36. The lowest BCUT2D eigenvalue weighted by atomic mass is 9.84. The number of nitrogens with two attached hydrogens (primary N) is 1. The molecule has 0 aliphatic carbocycles. The number of hydrogen-bond acceptors (Lipinski definition) is 2. The molecule has 2 nitrogen and oxygen atoms in total. The molecule has 0 fully saturated rings. The van der Waals surface area contributed by atoms with E-state index in [1.807, 2.05) is 30.5 Å². The molecule has 174 valence electrons. The van der Waals surface area contributed by atoms with Crippen molar-refractivity contribution < 1.29 is 0 Å². The van der Waals surface area contributed by atoms with Crippen LogP contribution in [-0.2, 0) is 0 Å². The fourth-order valence-corrected chi connectivity index (χ4v) is 5.69. The zero-order valence-corrected chi connectivity index (χ0v) is 20.2. The summed E-state index contributed by atoms with van der Waals surface area (Å²) in [5.41, 5.74) is 14.3. The molecule has 0 atom stereocenters. The first-order valence-corrected chi connectivity index (χ1v) is 12.5. The lowest BCUT2D eigenvalue weighted by molar-refractivity contribution is 1.34. The molecular weight excluding hydrogens is 448 g/mol. The summed E-state index contributed by atoms with van der Waals surface area (Å²) >= 11 is 0. The minimum absolute atomic E-state index is 0.768. The van der Waals surface area contributed by atoms with Gasteiger partial charge >= 0.3 is 0 Å². The molecule has 0 aliphatic rings. The van der Waals surface area contributed by atoms with E-state index >= 15 is 0 Å². The lowest BCUT2D eigenvalue weighted by Crippen LogP contribution is -1.97. The average molecular weight is 473 g/mol. The molecule has 2 heteroatoms. The Hall–Kier alpha value is -4.95. The highest BCUT2D eigenvalue weighted by atomic mass is 14.7. The minimum Gasteiger partial charge on any atom is -0.398 e. The first-order valence-electron chi connectivity index (χ1n) is 12.5. The summed E-state index contributed by atoms with van der Waals surface area (Å²) < 4.78 is 0. The Morgan fingerprint density at radius 3 is 1.92 bits per heavy atom. The number of nitrogen functional groups attached to an aromatic ring is 1. The van der Waals surface area contributed by atoms with Crippen molar-refractivity contribution in [2.45, 2.75) is 0 Å². The van der Waals surface area contributed by atoms with Crippen LogP contribution in [0.25, 0.3) is 65.8 Å². The molecule has 0 spiro atoms. The lowest BCUT2D eigenvalue weighted by Gasteiger charge is -2.20. The van der Waals surface area contributed by atoms with Gasteiger partial charge in [-0.2, -0.15) is 0 Å². The fraction of sp³-hybridized carbons (Fsp3) is 0. The van der Waals surface area contributed by atoms with Crippen LogP contribution in [0.4, 0.5) is 5.69 Å². The topological polar surface area (TPSA) is 38.9 Å². The number of pyridine rings is 1. The molecule has 0 saturated carbocycles. The highest BCUT2D eigenvalue weighted by molar-refractivity contribution is 6.26. The van der Waals surface area contributed by atoms with E-state index in [1.165, 1.54) is 32.7 Å². The van der Waals surface area contributed by atoms with Crippen molar-refractivity contribution in [3.05, 3.63) is 134 Å². The summed E-state index contributed by atoms with van der Waals surface area (Å²) in [6, 6.07) is 44.6. The highest BCUT2D eigenvalue weighted by Gasteiger charge is 2.21. The van der Waals surface area contributed by atoms with Crippen LogP contribution in [0.1, 0.15) is 0 Å². The maximum atomic E-state index is 6.81. The van der Waals surface area contributed by atoms with Crippen molar-refractivity contribution in [2.75, 3.05) is 5.73 Å². The van der Waals surface area contributed by atoms with Crippen LogP contribution in [0, 0.1) is 0 Å². The Labute approximate surface area is 215 Å². The molecule has 0 radical (unpaired) electrons. The van der Waals surface area contributed by atoms with Crippen LogP contribution in [0.2, 0.25) is 0 Å². The van der Waals surface area contributed by atoms with Gasteiger partial charge in [0.25, 0.3) is 0 Å². The van der Waals surface area contributed by atoms with E-state index in [2.05, 4.69) is 103 Å². The van der Waals surface area contributed by atoms with Gasteiger partial charge in [-0.3, -0.25) is 4.98 Å². The van der Waals surface area contributed by atoms with E-state index in [-0.39, 0.29) is 0 Å². The average Bonchev–Trinajstić information content (AvgIpc) is 2.96. The van der Waals surface area contributed by atoms with E-state index in [0.717, 1.165) is 38.8 Å². The highest BCUT2D eigenvalue weighted by Crippen LogP contribution is 2.47. The molecular formula is C35H24N2. The normalized spacial score (nSPS) is 11.4. The Kier molecular flexibility index (Phi) is 4.97. The Morgan fingerprint density at radius 1 is 0.459 bits per heavy atom. The molecule has 1 aromatic heterocycles. The third-order valence-corrected chi connectivity index (χ3v) is 7.27. The fourth-order valence-electron chi connectivity index (χ4n) is 5.69. The van der Waals surface area contributed by atoms with Crippen LogP contribution in [0.15, 0.2) is 134 Å². The van der Waals surface area contributed by atoms with E-state index in [4.69, 9.17) is 10.7 Å². The van der Waals surface area contributed by atoms with Gasteiger partial charge < -0.3 is 5.73 Å². The van der Waals surface area contributed by atoms with Gasteiger partial charge in [-0.05, 0) is 50.2 Å². The predicted octanol–water partition coefficient (Wildman–Crippen LogP) is 9.12. The second kappa shape index (κ2) is 8.61. The summed E-state index contributed by atoms with van der Waals surface area (Å²) in [7, 11) is 0. The van der Waals surface area contributed by atoms with Gasteiger partial charge in [-0.1, -0.05) is 115 Å². The number of aromatic nitrogens is 1. The number of anilines is 1. The number of hydrogen-bond donors (Lipinski definition) is 1. The summed E-state index contributed by atoms with van der Waals surface area (Å²) in [6.07, 6.45) is 1.88. The minimum atomic E-state index is 0.768. The third kappa shape index (κ3) is 3.38. The summed E-state index contributed by atoms with van der Waals surface area (Å²) in [5, 5.41) is 6.94. The van der Waals surface area contributed by atoms with Crippen LogP contribution >= 0.6 is 0 Å². The Morgan fingerprint density at radius 2 is 1.08 bits per heavy atom. The third-order valence-electron chi connectivity index (χ3n) is 7.27. The molecule has 0 amide bonds. The molecule has 0 saturated heterocycles. The molecule has 37 heavy (non-hydrogen) atoms. The van der Waals surface area contributed by atoms with Crippen molar-refractivity contribution in [2.24, 2.45) is 0 Å². The van der Waals surface area contributed by atoms with Crippen molar-refractivity contribution in [3.8, 4) is 33.5 Å². The number of fused-ring (bicyclic) bond motifs is 3. The standard InChI is InChI=1S/C35H24N2/c36-31-21-9-19-30-33(35-26(20-10-22-37-35)24-11-2-1-3-12-24)29-17-7-6-16-28(29)32(34(30)31)27-18-8-14-23-13-4-5-15-25(23)27/h1-22H,36H2. The van der Waals surface area contributed by atoms with Gasteiger partial charge in [0.1, 0.15) is 0 Å². The van der Waals surface area contributed by atoms with Crippen molar-refractivity contribution >= 4 is 38.0 Å². The predicted molar refractivity (Wildman–Crippen MR) is 157 cm³/mol. The van der Waals surface area contributed by atoms with Gasteiger partial charge in [0.15, 0.2) is 0 Å². The zero-order chi connectivity index (χ0) is 24.8. The van der Waals surface area contributed by atoms with E-state index < -0.39 is 0 Å². The van der Waals surface area contributed by atoms with Gasteiger partial charge in [0.2, 0.25) is 0 Å². The molecule has 0 bridgehead atoms. The van der Waals surface area contributed by atoms with E-state index in [0.29, 0.717) is 0 Å². The van der Waals surface area contributed by atoms with E-state index in [1.54, 1.807) is 0 Å². The van der Waals surface area contributed by atoms with Crippen LogP contribution in [-0.4, -0.2) is 4.98 Å². The largest absolute Gasteiger partial charge is 0.398 e. The Bertz CT molecular complexity index is 1930. The maximum absolute atomic E-state index is 6.81. The van der Waals surface area contributed by atoms with E-state index in [9.17, 15) is 0 Å². The van der Waals surface area contributed by atoms with Crippen LogP contribution in [0.3, 0.4) is 0 Å². The van der Waals surface area contributed by atoms with Crippen molar-refractivity contribution in [1.82, 2.24) is 4.98 Å². The quantitative estimate of drug-likeness (QED) is 0.206. The monoisotopic (exact) mass is 472 g/mol. The second-order valence-electron chi connectivity index (χ2n) is 9.36. The summed E-state index contributed by atoms with van der Waals surface area (Å²) in [5.74, 6) is 0. The molecule has 7 rings (SSSR count). The zero-order valence-electron chi connectivity index (χ0n) is 20.2. The molecule has 0 unspecified atom stereocenters. The number of rotatable bonds is 3. The first-order chi connectivity index (χ1) is 18.3. The summed E-state index contributed by atoms with van der Waals surface area (Å²) in [6.45, 7) is 0.